The first-order valence-electron chi connectivity index (χ1n) is 13.2. The maximum absolute atomic E-state index is 12.7. The van der Waals surface area contributed by atoms with Gasteiger partial charge < -0.3 is 26.3 Å². The number of para-hydroxylation sites is 1. The Morgan fingerprint density at radius 1 is 1.05 bits per heavy atom. The van der Waals surface area contributed by atoms with Gasteiger partial charge in [0, 0.05) is 11.6 Å². The van der Waals surface area contributed by atoms with Gasteiger partial charge in [0.25, 0.3) is 0 Å². The number of allylic oxidation sites excluding steroid dienone is 2. The van der Waals surface area contributed by atoms with Crippen LogP contribution in [0.1, 0.15) is 52.2 Å². The number of benzene rings is 2. The van der Waals surface area contributed by atoms with E-state index in [0.29, 0.717) is 29.1 Å². The van der Waals surface area contributed by atoms with Crippen molar-refractivity contribution in [2.45, 2.75) is 52.7 Å². The smallest absolute Gasteiger partial charge is 0.311 e. The Morgan fingerprint density at radius 3 is 2.30 bits per heavy atom. The predicted molar refractivity (Wildman–Crippen MR) is 153 cm³/mol. The monoisotopic (exact) mass is 541 g/mol. The molecule has 3 atom stereocenters. The summed E-state index contributed by atoms with van der Waals surface area (Å²) in [6, 6.07) is 19.1. The molecular formula is C30H35N7O3. The zero-order valence-corrected chi connectivity index (χ0v) is 23.2. The summed E-state index contributed by atoms with van der Waals surface area (Å²) in [5.74, 6) is 1.69. The fourth-order valence-electron chi connectivity index (χ4n) is 4.41. The molecule has 1 aromatic heterocycles. The van der Waals surface area contributed by atoms with E-state index in [1.54, 1.807) is 18.2 Å². The molecule has 2 saturated carbocycles. The zero-order chi connectivity index (χ0) is 28.9. The molecule has 3 aromatic rings. The fourth-order valence-corrected chi connectivity index (χ4v) is 4.41. The molecular weight excluding hydrogens is 506 g/mol. The van der Waals surface area contributed by atoms with Gasteiger partial charge in [-0.05, 0) is 62.3 Å². The number of nitrogen functional groups attached to an aromatic ring is 2. The Balaban J connectivity index is 0.000000255. The van der Waals surface area contributed by atoms with E-state index in [0.717, 1.165) is 12.8 Å². The number of hydrogen-bond donors (Lipinski definition) is 3. The van der Waals surface area contributed by atoms with Crippen molar-refractivity contribution >= 4 is 23.8 Å². The van der Waals surface area contributed by atoms with Crippen LogP contribution in [-0.2, 0) is 9.53 Å². The lowest BCUT2D eigenvalue weighted by molar-refractivity contribution is -0.149. The molecule has 0 bridgehead atoms. The van der Waals surface area contributed by atoms with Crippen LogP contribution in [0.2, 0.25) is 0 Å². The van der Waals surface area contributed by atoms with Gasteiger partial charge in [0.1, 0.15) is 17.6 Å². The lowest BCUT2D eigenvalue weighted by Crippen LogP contribution is -2.14. The van der Waals surface area contributed by atoms with Crippen molar-refractivity contribution in [1.29, 1.82) is 5.26 Å². The second-order valence-electron chi connectivity index (χ2n) is 10.8. The van der Waals surface area contributed by atoms with E-state index in [1.807, 2.05) is 50.2 Å². The first-order chi connectivity index (χ1) is 19.1. The SMILES string of the molecule is CC(C)=CC1C(C(=O)OC(C#N)c2cccc(Oc3ccccc3)c2)C1(C)C.Nc1nc(N)nc(NC2CC2)n1. The standard InChI is InChI=1S/C24H25NO3.C6H10N6/c1-16(2)13-20-22(24(20,3)4)23(26)28-21(15-25)17-9-8-12-19(14-17)27-18-10-6-5-7-11-18;7-4-10-5(8)12-6(11-4)9-3-1-2-3/h5-14,20-22H,1-4H3;3H,1-2H2,(H5,7,8,9,10,11,12). The highest BCUT2D eigenvalue weighted by Gasteiger charge is 2.61. The quantitative estimate of drug-likeness (QED) is 0.247. The van der Waals surface area contributed by atoms with Crippen molar-refractivity contribution < 1.29 is 14.3 Å². The molecule has 10 nitrogen and oxygen atoms in total. The average Bonchev–Trinajstić information content (AvgIpc) is 3.80. The van der Waals surface area contributed by atoms with Gasteiger partial charge in [-0.15, -0.1) is 0 Å². The molecule has 2 aliphatic carbocycles. The van der Waals surface area contributed by atoms with E-state index < -0.39 is 6.10 Å². The first-order valence-corrected chi connectivity index (χ1v) is 13.2. The fraction of sp³-hybridized carbons (Fsp3) is 0.367. The normalized spacial score (nSPS) is 19.1. The number of aromatic nitrogens is 3. The van der Waals surface area contributed by atoms with Crippen LogP contribution >= 0.6 is 0 Å². The van der Waals surface area contributed by atoms with Crippen LogP contribution in [0.15, 0.2) is 66.2 Å². The maximum Gasteiger partial charge on any atom is 0.311 e. The highest BCUT2D eigenvalue weighted by Crippen LogP contribution is 2.60. The van der Waals surface area contributed by atoms with Crippen LogP contribution in [0, 0.1) is 28.6 Å². The van der Waals surface area contributed by atoms with Crippen molar-refractivity contribution in [3.8, 4) is 17.6 Å². The highest BCUT2D eigenvalue weighted by atomic mass is 16.5. The molecule has 5 N–H and O–H groups in total. The van der Waals surface area contributed by atoms with Gasteiger partial charge in [-0.2, -0.15) is 20.2 Å². The Labute approximate surface area is 234 Å². The van der Waals surface area contributed by atoms with Gasteiger partial charge in [-0.1, -0.05) is 55.8 Å². The second-order valence-corrected chi connectivity index (χ2v) is 10.8. The van der Waals surface area contributed by atoms with Crippen LogP contribution in [0.25, 0.3) is 0 Å². The number of nitrogens with one attached hydrogen (secondary N) is 1. The van der Waals surface area contributed by atoms with E-state index in [2.05, 4.69) is 46.3 Å². The molecule has 208 valence electrons. The van der Waals surface area contributed by atoms with Crippen LogP contribution in [-0.4, -0.2) is 27.0 Å². The zero-order valence-electron chi connectivity index (χ0n) is 23.2. The third-order valence-corrected chi connectivity index (χ3v) is 6.75. The van der Waals surface area contributed by atoms with Gasteiger partial charge in [0.15, 0.2) is 0 Å². The van der Waals surface area contributed by atoms with E-state index in [9.17, 15) is 10.1 Å². The molecule has 40 heavy (non-hydrogen) atoms. The van der Waals surface area contributed by atoms with Gasteiger partial charge >= 0.3 is 5.97 Å². The minimum absolute atomic E-state index is 0.146. The largest absolute Gasteiger partial charge is 0.457 e. The van der Waals surface area contributed by atoms with Gasteiger partial charge in [-0.25, -0.2) is 0 Å². The predicted octanol–water partition coefficient (Wildman–Crippen LogP) is 5.44. The summed E-state index contributed by atoms with van der Waals surface area (Å²) in [5.41, 5.74) is 12.4. The van der Waals surface area contributed by atoms with Crippen molar-refractivity contribution in [3.63, 3.8) is 0 Å². The van der Waals surface area contributed by atoms with E-state index in [1.165, 1.54) is 5.57 Å². The molecule has 5 rings (SSSR count). The summed E-state index contributed by atoms with van der Waals surface area (Å²) in [4.78, 5) is 24.1. The first kappa shape index (κ1) is 28.4. The van der Waals surface area contributed by atoms with Crippen LogP contribution in [0.5, 0.6) is 11.5 Å². The molecule has 10 heteroatoms. The Kier molecular flexibility index (Phi) is 8.53. The molecule has 2 fully saturated rings. The van der Waals surface area contributed by atoms with Gasteiger partial charge in [0.05, 0.1) is 5.92 Å². The number of anilines is 3. The summed E-state index contributed by atoms with van der Waals surface area (Å²) < 4.78 is 11.4. The van der Waals surface area contributed by atoms with Crippen LogP contribution in [0.3, 0.4) is 0 Å². The lowest BCUT2D eigenvalue weighted by Gasteiger charge is -2.13. The summed E-state index contributed by atoms with van der Waals surface area (Å²) in [6.07, 6.45) is 3.47. The molecule has 0 saturated heterocycles. The molecule has 1 heterocycles. The molecule has 0 radical (unpaired) electrons. The molecule has 0 aliphatic heterocycles. The number of nitrogens with zero attached hydrogens (tertiary/aromatic N) is 4. The van der Waals surface area contributed by atoms with Crippen molar-refractivity contribution in [1.82, 2.24) is 15.0 Å². The van der Waals surface area contributed by atoms with Gasteiger partial charge in [-0.3, -0.25) is 4.79 Å². The Morgan fingerprint density at radius 2 is 1.70 bits per heavy atom. The van der Waals surface area contributed by atoms with Crippen molar-refractivity contribution in [3.05, 3.63) is 71.8 Å². The molecule has 0 spiro atoms. The molecule has 0 amide bonds. The third kappa shape index (κ3) is 7.47. The number of carbonyl (C=O) groups excluding carboxylic acids is 1. The van der Waals surface area contributed by atoms with Crippen molar-refractivity contribution in [2.24, 2.45) is 17.3 Å². The third-order valence-electron chi connectivity index (χ3n) is 6.75. The minimum Gasteiger partial charge on any atom is -0.457 e. The van der Waals surface area contributed by atoms with E-state index >= 15 is 0 Å². The summed E-state index contributed by atoms with van der Waals surface area (Å²) >= 11 is 0. The minimum atomic E-state index is -0.962. The lowest BCUT2D eigenvalue weighted by atomic mass is 10.1. The summed E-state index contributed by atoms with van der Waals surface area (Å²) in [6.45, 7) is 8.15. The van der Waals surface area contributed by atoms with Gasteiger partial charge in [0.2, 0.25) is 23.9 Å². The van der Waals surface area contributed by atoms with E-state index in [-0.39, 0.29) is 35.1 Å². The number of esters is 1. The average molecular weight is 542 g/mol. The number of hydrogen-bond acceptors (Lipinski definition) is 10. The number of nitrogens with two attached hydrogens (primary N) is 2. The number of nitriles is 1. The topological polar surface area (TPSA) is 162 Å². The molecule has 2 aromatic carbocycles. The molecule has 3 unspecified atom stereocenters. The highest BCUT2D eigenvalue weighted by molar-refractivity contribution is 5.78. The Bertz CT molecular complexity index is 1390. The number of rotatable bonds is 8. The summed E-state index contributed by atoms with van der Waals surface area (Å²) in [7, 11) is 0. The second kappa shape index (κ2) is 12.0. The molecule has 2 aliphatic rings. The number of carbonyl (C=O) groups is 1. The maximum atomic E-state index is 12.7. The van der Waals surface area contributed by atoms with Crippen LogP contribution < -0.4 is 21.5 Å². The van der Waals surface area contributed by atoms with Crippen molar-refractivity contribution in [2.75, 3.05) is 16.8 Å². The number of ether oxygens (including phenoxy) is 2. The summed E-state index contributed by atoms with van der Waals surface area (Å²) in [5, 5.41) is 12.6. The van der Waals surface area contributed by atoms with Crippen LogP contribution in [0.4, 0.5) is 17.8 Å². The van der Waals surface area contributed by atoms with E-state index in [4.69, 9.17) is 20.9 Å². The Hall–Kier alpha value is -4.65.